The fourth-order valence-corrected chi connectivity index (χ4v) is 8.61. The van der Waals surface area contributed by atoms with E-state index in [9.17, 15) is 18.0 Å². The van der Waals surface area contributed by atoms with Gasteiger partial charge in [0, 0.05) is 22.6 Å². The summed E-state index contributed by atoms with van der Waals surface area (Å²) in [5.41, 5.74) is 0.933. The molecular weight excluding hydrogens is 460 g/mol. The van der Waals surface area contributed by atoms with Gasteiger partial charge in [-0.2, -0.15) is 0 Å². The maximum Gasteiger partial charge on any atom is 0.309 e. The van der Waals surface area contributed by atoms with Gasteiger partial charge >= 0.3 is 5.97 Å². The highest BCUT2D eigenvalue weighted by Gasteiger charge is 2.58. The summed E-state index contributed by atoms with van der Waals surface area (Å²) in [6, 6.07) is 7.97. The summed E-state index contributed by atoms with van der Waals surface area (Å²) in [6.45, 7) is 6.37. The Morgan fingerprint density at radius 2 is 1.97 bits per heavy atom. The molecule has 0 radical (unpaired) electrons. The molecule has 1 N–H and O–H groups in total. The van der Waals surface area contributed by atoms with Gasteiger partial charge in [0.15, 0.2) is 15.0 Å². The van der Waals surface area contributed by atoms with Crippen LogP contribution in [0.25, 0.3) is 0 Å². The van der Waals surface area contributed by atoms with Gasteiger partial charge in [-0.1, -0.05) is 39.0 Å². The van der Waals surface area contributed by atoms with E-state index in [1.807, 2.05) is 6.92 Å². The van der Waals surface area contributed by atoms with Crippen molar-refractivity contribution in [3.63, 3.8) is 0 Å². The van der Waals surface area contributed by atoms with Crippen LogP contribution in [0.3, 0.4) is 0 Å². The van der Waals surface area contributed by atoms with Crippen LogP contribution >= 0.6 is 11.3 Å². The lowest BCUT2D eigenvalue weighted by atomic mass is 9.54. The van der Waals surface area contributed by atoms with Crippen molar-refractivity contribution in [3.8, 4) is 0 Å². The van der Waals surface area contributed by atoms with Crippen LogP contribution < -0.4 is 5.32 Å². The van der Waals surface area contributed by atoms with E-state index in [1.54, 1.807) is 18.2 Å². The average Bonchev–Trinajstić information content (AvgIpc) is 3.27. The van der Waals surface area contributed by atoms with Gasteiger partial charge in [-0.3, -0.25) is 9.59 Å². The summed E-state index contributed by atoms with van der Waals surface area (Å²) >= 11 is 1.42. The number of hydrogen-bond donors (Lipinski definition) is 1. The molecule has 7 nitrogen and oxygen atoms in total. The number of amides is 1. The van der Waals surface area contributed by atoms with E-state index in [2.05, 4.69) is 19.2 Å². The molecule has 2 aromatic rings. The molecule has 1 saturated carbocycles. The molecule has 6 atom stereocenters. The van der Waals surface area contributed by atoms with Gasteiger partial charge in [0.1, 0.15) is 11.9 Å². The van der Waals surface area contributed by atoms with E-state index in [4.69, 9.17) is 9.72 Å². The summed E-state index contributed by atoms with van der Waals surface area (Å²) < 4.78 is 30.9. The average molecular weight is 489 g/mol. The molecule has 0 bridgehead atoms. The van der Waals surface area contributed by atoms with Gasteiger partial charge < -0.3 is 10.1 Å². The molecule has 2 fully saturated rings. The zero-order valence-corrected chi connectivity index (χ0v) is 20.5. The number of aromatic nitrogens is 1. The normalized spacial score (nSPS) is 32.9. The Labute approximate surface area is 197 Å². The number of carbonyl (C=O) groups excluding carboxylic acids is 2. The van der Waals surface area contributed by atoms with E-state index >= 15 is 0 Å². The summed E-state index contributed by atoms with van der Waals surface area (Å²) in [5, 5.41) is 3.13. The Balaban J connectivity index is 1.36. The van der Waals surface area contributed by atoms with Crippen LogP contribution in [0.2, 0.25) is 0 Å². The van der Waals surface area contributed by atoms with E-state index in [-0.39, 0.29) is 46.1 Å². The fraction of sp³-hybridized carbons (Fsp3) is 0.542. The molecule has 9 heteroatoms. The van der Waals surface area contributed by atoms with Crippen molar-refractivity contribution in [3.05, 3.63) is 40.9 Å². The van der Waals surface area contributed by atoms with E-state index in [0.717, 1.165) is 29.8 Å². The highest BCUT2D eigenvalue weighted by molar-refractivity contribution is 7.92. The zero-order valence-electron chi connectivity index (χ0n) is 18.9. The third-order valence-corrected chi connectivity index (χ3v) is 10.4. The predicted molar refractivity (Wildman–Crippen MR) is 125 cm³/mol. The largest absolute Gasteiger partial charge is 0.461 e. The highest BCUT2D eigenvalue weighted by atomic mass is 32.2. The Kier molecular flexibility index (Phi) is 5.40. The SMILES string of the molecule is CC1C(=O)OC2C1CCC1(C)Cc3sc(NC(=O)CS(=O)(=O)c4ccccc4)nc3C(C)C21. The van der Waals surface area contributed by atoms with Gasteiger partial charge in [0.25, 0.3) is 0 Å². The van der Waals surface area contributed by atoms with Crippen LogP contribution in [0.15, 0.2) is 35.2 Å². The second-order valence-corrected chi connectivity index (χ2v) is 13.1. The van der Waals surface area contributed by atoms with Crippen molar-refractivity contribution < 1.29 is 22.7 Å². The van der Waals surface area contributed by atoms with Crippen LogP contribution in [0, 0.1) is 23.2 Å². The number of fused-ring (bicyclic) bond motifs is 4. The van der Waals surface area contributed by atoms with Gasteiger partial charge in [-0.15, -0.1) is 11.3 Å². The van der Waals surface area contributed by atoms with Gasteiger partial charge in [0.2, 0.25) is 5.91 Å². The minimum atomic E-state index is -3.72. The molecule has 2 heterocycles. The molecular formula is C24H28N2O5S2. The Bertz CT molecular complexity index is 1210. The van der Waals surface area contributed by atoms with Gasteiger partial charge in [0.05, 0.1) is 16.5 Å². The van der Waals surface area contributed by atoms with Crippen molar-refractivity contribution in [2.24, 2.45) is 23.2 Å². The first-order chi connectivity index (χ1) is 15.6. The highest BCUT2D eigenvalue weighted by Crippen LogP contribution is 2.59. The summed E-state index contributed by atoms with van der Waals surface area (Å²) in [6.07, 6.45) is 2.73. The molecule has 1 aromatic carbocycles. The summed E-state index contributed by atoms with van der Waals surface area (Å²) in [4.78, 5) is 30.8. The standard InChI is InChI=1S/C24H28N2O5S2/c1-13-16-9-10-24(3)11-17-20(14(2)19(24)21(16)31-22(13)28)26-23(32-17)25-18(27)12-33(29,30)15-7-5-4-6-8-15/h4-8,13-14,16,19,21H,9-12H2,1-3H3,(H,25,26,27). The monoisotopic (exact) mass is 488 g/mol. The van der Waals surface area contributed by atoms with Crippen LogP contribution in [0.1, 0.15) is 50.1 Å². The number of benzene rings is 1. The number of nitrogens with zero attached hydrogens (tertiary/aromatic N) is 1. The third kappa shape index (κ3) is 3.79. The molecule has 1 amide bonds. The molecule has 176 valence electrons. The summed E-state index contributed by atoms with van der Waals surface area (Å²) in [5.74, 6) is -0.876. The minimum absolute atomic E-state index is 0.00237. The number of thiazole rings is 1. The molecule has 0 spiro atoms. The van der Waals surface area contributed by atoms with Gasteiger partial charge in [-0.05, 0) is 36.8 Å². The van der Waals surface area contributed by atoms with Crippen molar-refractivity contribution in [1.82, 2.24) is 4.98 Å². The number of rotatable bonds is 4. The topological polar surface area (TPSA) is 102 Å². The van der Waals surface area contributed by atoms with Gasteiger partial charge in [-0.25, -0.2) is 13.4 Å². The number of carbonyl (C=O) groups is 2. The quantitative estimate of drug-likeness (QED) is 0.657. The molecule has 1 aromatic heterocycles. The first-order valence-electron chi connectivity index (χ1n) is 11.4. The zero-order chi connectivity index (χ0) is 23.5. The number of ether oxygens (including phenoxy) is 1. The lowest BCUT2D eigenvalue weighted by molar-refractivity contribution is -0.149. The molecule has 1 aliphatic heterocycles. The predicted octanol–water partition coefficient (Wildman–Crippen LogP) is 3.81. The molecule has 5 rings (SSSR count). The van der Waals surface area contributed by atoms with Crippen LogP contribution in [0.5, 0.6) is 0 Å². The molecule has 3 aliphatic rings. The maximum atomic E-state index is 12.6. The fourth-order valence-electron chi connectivity index (χ4n) is 6.17. The van der Waals surface area contributed by atoms with Crippen LogP contribution in [0.4, 0.5) is 5.13 Å². The number of esters is 1. The van der Waals surface area contributed by atoms with E-state index in [0.29, 0.717) is 5.13 Å². The van der Waals surface area contributed by atoms with Crippen LogP contribution in [-0.4, -0.2) is 37.1 Å². The second-order valence-electron chi connectivity index (χ2n) is 9.99. The number of hydrogen-bond acceptors (Lipinski definition) is 7. The van der Waals surface area contributed by atoms with Crippen molar-refractivity contribution >= 4 is 38.2 Å². The van der Waals surface area contributed by atoms with E-state index < -0.39 is 21.5 Å². The second kappa shape index (κ2) is 7.91. The lowest BCUT2D eigenvalue weighted by Crippen LogP contribution is -2.50. The smallest absolute Gasteiger partial charge is 0.309 e. The van der Waals surface area contributed by atoms with Crippen molar-refractivity contribution in [2.75, 3.05) is 11.1 Å². The number of nitrogens with one attached hydrogen (secondary N) is 1. The molecule has 33 heavy (non-hydrogen) atoms. The van der Waals surface area contributed by atoms with E-state index in [1.165, 1.54) is 23.5 Å². The first kappa shape index (κ1) is 22.5. The lowest BCUT2D eigenvalue weighted by Gasteiger charge is -2.51. The number of sulfone groups is 1. The molecule has 1 saturated heterocycles. The Morgan fingerprint density at radius 1 is 1.24 bits per heavy atom. The number of anilines is 1. The van der Waals surface area contributed by atoms with Crippen molar-refractivity contribution in [1.29, 1.82) is 0 Å². The third-order valence-electron chi connectivity index (χ3n) is 7.83. The maximum absolute atomic E-state index is 12.6. The first-order valence-corrected chi connectivity index (χ1v) is 13.8. The molecule has 2 aliphatic carbocycles. The van der Waals surface area contributed by atoms with Crippen molar-refractivity contribution in [2.45, 2.75) is 57.0 Å². The Morgan fingerprint density at radius 3 is 2.70 bits per heavy atom. The molecule has 6 unspecified atom stereocenters. The summed E-state index contributed by atoms with van der Waals surface area (Å²) in [7, 11) is -3.72. The van der Waals surface area contributed by atoms with Crippen LogP contribution in [-0.2, 0) is 30.6 Å². The minimum Gasteiger partial charge on any atom is -0.461 e. The Hall–Kier alpha value is -2.26.